The molecule has 1 aliphatic heterocycles. The Morgan fingerprint density at radius 2 is 1.58 bits per heavy atom. The molecule has 3 nitrogen and oxygen atoms in total. The van der Waals surface area contributed by atoms with E-state index in [1.807, 2.05) is 18.2 Å². The number of aliphatic imine (C=N–C) groups is 1. The van der Waals surface area contributed by atoms with Gasteiger partial charge in [-0.1, -0.05) is 65.7 Å². The van der Waals surface area contributed by atoms with Gasteiger partial charge in [-0.3, -0.25) is 4.99 Å². The van der Waals surface area contributed by atoms with Gasteiger partial charge in [0.1, 0.15) is 0 Å². The lowest BCUT2D eigenvalue weighted by molar-refractivity contribution is 0.630. The van der Waals surface area contributed by atoms with E-state index in [0.29, 0.717) is 0 Å². The van der Waals surface area contributed by atoms with Crippen molar-refractivity contribution in [1.82, 2.24) is 0 Å². The Bertz CT molecular complexity index is 1010. The minimum atomic E-state index is -0.750. The molecule has 4 rings (SSSR count). The smallest absolute Gasteiger partial charge is 0.252 e. The number of halogens is 1. The van der Waals surface area contributed by atoms with Gasteiger partial charge in [0.05, 0.1) is 11.4 Å². The van der Waals surface area contributed by atoms with Crippen molar-refractivity contribution in [2.45, 2.75) is 13.3 Å². The first-order chi connectivity index (χ1) is 12.6. The van der Waals surface area contributed by atoms with Gasteiger partial charge < -0.3 is 0 Å². The fraction of sp³-hybridized carbons (Fsp3) is 0.0952. The average Bonchev–Trinajstić information content (AvgIpc) is 3.06. The lowest BCUT2D eigenvalue weighted by atomic mass is 9.99. The van der Waals surface area contributed by atoms with Crippen LogP contribution in [0.15, 0.2) is 71.7 Å². The summed E-state index contributed by atoms with van der Waals surface area (Å²) in [6, 6.07) is 23.0. The second-order valence-electron chi connectivity index (χ2n) is 6.02. The molecule has 0 unspecified atom stereocenters. The molecule has 0 bridgehead atoms. The first-order valence-electron chi connectivity index (χ1n) is 8.06. The maximum Gasteiger partial charge on any atom is 0.335 e. The minimum Gasteiger partial charge on any atom is -0.252 e. The quantitative estimate of drug-likeness (QED) is 0.602. The zero-order valence-corrected chi connectivity index (χ0v) is 15.7. The first kappa shape index (κ1) is 18.2. The largest absolute Gasteiger partial charge is 0.335 e. The summed E-state index contributed by atoms with van der Waals surface area (Å²) in [6.07, 6.45) is 0.910. The number of benzene rings is 3. The van der Waals surface area contributed by atoms with Gasteiger partial charge in [-0.05, 0) is 47.4 Å². The Balaban J connectivity index is 0.000000613. The molecule has 0 amide bonds. The lowest BCUT2D eigenvalue weighted by Gasteiger charge is -2.05. The number of hydrogen-bond donors (Lipinski definition) is 0. The molecule has 130 valence electrons. The molecule has 0 aliphatic carbocycles. The summed E-state index contributed by atoms with van der Waals surface area (Å²) in [4.78, 5) is 4.78. The molecule has 0 fully saturated rings. The first-order valence-corrected chi connectivity index (χ1v) is 9.10. The number of hydrogen-bond acceptors (Lipinski definition) is 3. The second-order valence-corrected chi connectivity index (χ2v) is 6.60. The van der Waals surface area contributed by atoms with E-state index in [2.05, 4.69) is 55.5 Å². The van der Waals surface area contributed by atoms with Crippen LogP contribution in [-0.2, 0) is 18.0 Å². The Hall–Kier alpha value is -2.56. The highest BCUT2D eigenvalue weighted by atomic mass is 35.5. The highest BCUT2D eigenvalue weighted by Crippen LogP contribution is 2.30. The topological polar surface area (TPSA) is 46.5 Å². The zero-order valence-electron chi connectivity index (χ0n) is 14.1. The summed E-state index contributed by atoms with van der Waals surface area (Å²) in [7, 11) is 0. The Labute approximate surface area is 161 Å². The van der Waals surface area contributed by atoms with Crippen LogP contribution in [0.3, 0.4) is 0 Å². The van der Waals surface area contributed by atoms with Gasteiger partial charge in [-0.2, -0.15) is 8.42 Å². The molecule has 3 aromatic carbocycles. The fourth-order valence-electron chi connectivity index (χ4n) is 3.02. The van der Waals surface area contributed by atoms with Crippen molar-refractivity contribution >= 4 is 34.6 Å². The van der Waals surface area contributed by atoms with E-state index in [0.717, 1.165) is 28.4 Å². The van der Waals surface area contributed by atoms with E-state index in [1.165, 1.54) is 22.3 Å². The summed E-state index contributed by atoms with van der Waals surface area (Å²) >= 11 is 5.32. The number of fused-ring (bicyclic) bond motifs is 1. The fourth-order valence-corrected chi connectivity index (χ4v) is 3.21. The van der Waals surface area contributed by atoms with Crippen LogP contribution in [0.4, 0.5) is 5.69 Å². The molecule has 0 aromatic heterocycles. The molecule has 3 aromatic rings. The third-order valence-electron chi connectivity index (χ3n) is 4.22. The van der Waals surface area contributed by atoms with Crippen LogP contribution in [-0.4, -0.2) is 14.1 Å². The van der Waals surface area contributed by atoms with E-state index in [9.17, 15) is 0 Å². The molecule has 0 saturated carbocycles. The molecule has 0 spiro atoms. The average molecular weight is 382 g/mol. The molecule has 0 atom stereocenters. The van der Waals surface area contributed by atoms with E-state index in [-0.39, 0.29) is 0 Å². The normalized spacial score (nSPS) is 11.8. The highest BCUT2D eigenvalue weighted by Gasteiger charge is 2.16. The van der Waals surface area contributed by atoms with Crippen LogP contribution >= 0.6 is 11.6 Å². The molecule has 1 heterocycles. The van der Waals surface area contributed by atoms with Crippen molar-refractivity contribution in [3.63, 3.8) is 0 Å². The zero-order chi connectivity index (χ0) is 18.5. The number of rotatable bonds is 2. The standard InChI is InChI=1S/C21H16ClN.O2S/c1-14-5-10-20-18(11-14)13-21(23-20)16-8-6-15(7-9-16)17-3-2-4-19(22)12-17;1-3-2/h2-12H,13H2,1H3;. The molecule has 0 N–H and O–H groups in total. The summed E-state index contributed by atoms with van der Waals surface area (Å²) in [6.45, 7) is 2.12. The van der Waals surface area contributed by atoms with E-state index in [1.54, 1.807) is 0 Å². The van der Waals surface area contributed by atoms with Gasteiger partial charge in [0, 0.05) is 11.4 Å². The molecule has 0 radical (unpaired) electrons. The van der Waals surface area contributed by atoms with Crippen molar-refractivity contribution in [3.05, 3.63) is 88.4 Å². The summed E-state index contributed by atoms with van der Waals surface area (Å²) in [5, 5.41) is 0.762. The molecular formula is C21H16ClNO2S. The van der Waals surface area contributed by atoms with Crippen molar-refractivity contribution < 1.29 is 8.42 Å². The number of nitrogens with zero attached hydrogens (tertiary/aromatic N) is 1. The van der Waals surface area contributed by atoms with Crippen LogP contribution in [0.2, 0.25) is 5.02 Å². The maximum absolute atomic E-state index is 8.29. The maximum atomic E-state index is 8.29. The summed E-state index contributed by atoms with van der Waals surface area (Å²) in [5.74, 6) is 0. The van der Waals surface area contributed by atoms with E-state index >= 15 is 0 Å². The van der Waals surface area contributed by atoms with Crippen molar-refractivity contribution in [1.29, 1.82) is 0 Å². The Morgan fingerprint density at radius 1 is 0.885 bits per heavy atom. The SMILES string of the molecule is Cc1ccc2c(c1)CC(c1ccc(-c3cccc(Cl)c3)cc1)=N2.O=S=O. The predicted octanol–water partition coefficient (Wildman–Crippen LogP) is 5.32. The second kappa shape index (κ2) is 8.21. The van der Waals surface area contributed by atoms with Gasteiger partial charge in [0.25, 0.3) is 0 Å². The summed E-state index contributed by atoms with van der Waals surface area (Å²) < 4.78 is 16.6. The highest BCUT2D eigenvalue weighted by molar-refractivity contribution is 7.51. The molecular weight excluding hydrogens is 366 g/mol. The third kappa shape index (κ3) is 4.15. The van der Waals surface area contributed by atoms with Gasteiger partial charge in [-0.25, -0.2) is 0 Å². The van der Waals surface area contributed by atoms with Crippen molar-refractivity contribution in [2.75, 3.05) is 0 Å². The van der Waals surface area contributed by atoms with Crippen LogP contribution in [0.25, 0.3) is 11.1 Å². The molecule has 26 heavy (non-hydrogen) atoms. The van der Waals surface area contributed by atoms with Gasteiger partial charge in [0.15, 0.2) is 0 Å². The predicted molar refractivity (Wildman–Crippen MR) is 107 cm³/mol. The molecule has 1 aliphatic rings. The lowest BCUT2D eigenvalue weighted by Crippen LogP contribution is -2.00. The number of aryl methyl sites for hydroxylation is 1. The van der Waals surface area contributed by atoms with E-state index < -0.39 is 11.6 Å². The monoisotopic (exact) mass is 381 g/mol. The van der Waals surface area contributed by atoms with E-state index in [4.69, 9.17) is 25.0 Å². The summed E-state index contributed by atoms with van der Waals surface area (Å²) in [5.41, 5.74) is 8.34. The van der Waals surface area contributed by atoms with Gasteiger partial charge in [-0.15, -0.1) is 0 Å². The van der Waals surface area contributed by atoms with Crippen molar-refractivity contribution in [2.24, 2.45) is 4.99 Å². The third-order valence-corrected chi connectivity index (χ3v) is 4.46. The van der Waals surface area contributed by atoms with Gasteiger partial charge >= 0.3 is 11.6 Å². The van der Waals surface area contributed by atoms with Crippen LogP contribution < -0.4 is 0 Å². The Morgan fingerprint density at radius 3 is 2.27 bits per heavy atom. The van der Waals surface area contributed by atoms with Gasteiger partial charge in [0.2, 0.25) is 0 Å². The van der Waals surface area contributed by atoms with Crippen LogP contribution in [0.5, 0.6) is 0 Å². The van der Waals surface area contributed by atoms with Crippen LogP contribution in [0.1, 0.15) is 16.7 Å². The molecule has 0 saturated heterocycles. The van der Waals surface area contributed by atoms with Crippen LogP contribution in [0, 0.1) is 6.92 Å². The molecule has 5 heteroatoms. The van der Waals surface area contributed by atoms with Crippen molar-refractivity contribution in [3.8, 4) is 11.1 Å². The minimum absolute atomic E-state index is 0.750. The Kier molecular flexibility index (Phi) is 5.76.